The fourth-order valence-electron chi connectivity index (χ4n) is 0.957. The standard InChI is InChI=1S/C6H14N2O2/c1-6(9)7-8-2-4-10-5-3-8/h6-7,9H,2-5H2,1H3. The highest BCUT2D eigenvalue weighted by molar-refractivity contribution is 4.56. The second kappa shape index (κ2) is 3.88. The zero-order chi connectivity index (χ0) is 7.40. The topological polar surface area (TPSA) is 44.7 Å². The highest BCUT2D eigenvalue weighted by Gasteiger charge is 2.10. The minimum atomic E-state index is -0.460. The largest absolute Gasteiger partial charge is 0.379 e. The minimum absolute atomic E-state index is 0.460. The molecule has 1 heterocycles. The van der Waals surface area contributed by atoms with Crippen molar-refractivity contribution in [2.45, 2.75) is 13.2 Å². The number of nitrogens with one attached hydrogen (secondary N) is 1. The maximum Gasteiger partial charge on any atom is 0.114 e. The molecule has 1 saturated heterocycles. The number of nitrogens with zero attached hydrogens (tertiary/aromatic N) is 1. The summed E-state index contributed by atoms with van der Waals surface area (Å²) < 4.78 is 5.12. The normalized spacial score (nSPS) is 24.6. The molecule has 60 valence electrons. The number of aliphatic hydroxyl groups is 1. The van der Waals surface area contributed by atoms with Crippen molar-refractivity contribution in [3.63, 3.8) is 0 Å². The first-order valence-electron chi connectivity index (χ1n) is 3.56. The Hall–Kier alpha value is -0.160. The van der Waals surface area contributed by atoms with Gasteiger partial charge in [0, 0.05) is 13.1 Å². The molecule has 0 aliphatic carbocycles. The van der Waals surface area contributed by atoms with E-state index in [1.165, 1.54) is 0 Å². The van der Waals surface area contributed by atoms with Gasteiger partial charge in [-0.1, -0.05) is 0 Å². The van der Waals surface area contributed by atoms with Gasteiger partial charge < -0.3 is 9.84 Å². The van der Waals surface area contributed by atoms with Gasteiger partial charge >= 0.3 is 0 Å². The summed E-state index contributed by atoms with van der Waals surface area (Å²) in [6, 6.07) is 0. The molecule has 1 aliphatic rings. The summed E-state index contributed by atoms with van der Waals surface area (Å²) >= 11 is 0. The molecule has 4 heteroatoms. The number of rotatable bonds is 2. The highest BCUT2D eigenvalue weighted by atomic mass is 16.5. The molecule has 2 N–H and O–H groups in total. The summed E-state index contributed by atoms with van der Waals surface area (Å²) in [5.74, 6) is 0. The van der Waals surface area contributed by atoms with E-state index < -0.39 is 6.23 Å². The lowest BCUT2D eigenvalue weighted by atomic mass is 10.5. The summed E-state index contributed by atoms with van der Waals surface area (Å²) in [5, 5.41) is 10.9. The van der Waals surface area contributed by atoms with Gasteiger partial charge in [0.25, 0.3) is 0 Å². The first kappa shape index (κ1) is 7.94. The molecule has 1 rings (SSSR count). The van der Waals surface area contributed by atoms with Crippen molar-refractivity contribution in [2.75, 3.05) is 26.3 Å². The fraction of sp³-hybridized carbons (Fsp3) is 1.00. The van der Waals surface area contributed by atoms with Crippen LogP contribution >= 0.6 is 0 Å². The molecule has 0 aromatic heterocycles. The number of ether oxygens (including phenoxy) is 1. The smallest absolute Gasteiger partial charge is 0.114 e. The van der Waals surface area contributed by atoms with Gasteiger partial charge in [0.1, 0.15) is 6.23 Å². The van der Waals surface area contributed by atoms with E-state index in [2.05, 4.69) is 5.43 Å². The Morgan fingerprint density at radius 1 is 1.50 bits per heavy atom. The van der Waals surface area contributed by atoms with Crippen LogP contribution in [0, 0.1) is 0 Å². The van der Waals surface area contributed by atoms with Gasteiger partial charge in [-0.2, -0.15) is 0 Å². The highest BCUT2D eigenvalue weighted by Crippen LogP contribution is 1.92. The van der Waals surface area contributed by atoms with E-state index in [1.807, 2.05) is 5.01 Å². The number of morpholine rings is 1. The molecule has 4 nitrogen and oxygen atoms in total. The molecule has 1 aliphatic heterocycles. The van der Waals surface area contributed by atoms with Gasteiger partial charge in [-0.25, -0.2) is 10.4 Å². The van der Waals surface area contributed by atoms with E-state index in [1.54, 1.807) is 6.92 Å². The van der Waals surface area contributed by atoms with Gasteiger partial charge in [-0.15, -0.1) is 0 Å². The van der Waals surface area contributed by atoms with Gasteiger partial charge in [0.05, 0.1) is 13.2 Å². The molecule has 0 aromatic rings. The van der Waals surface area contributed by atoms with Crippen LogP contribution in [0.25, 0.3) is 0 Å². The number of hydrazine groups is 1. The zero-order valence-corrected chi connectivity index (χ0v) is 6.21. The Bertz CT molecular complexity index is 91.7. The van der Waals surface area contributed by atoms with Crippen LogP contribution in [0.15, 0.2) is 0 Å². The Balaban J connectivity index is 2.13. The van der Waals surface area contributed by atoms with E-state index in [9.17, 15) is 0 Å². The van der Waals surface area contributed by atoms with E-state index in [0.29, 0.717) is 0 Å². The molecule has 0 radical (unpaired) electrons. The van der Waals surface area contributed by atoms with Crippen LogP contribution in [-0.4, -0.2) is 42.6 Å². The van der Waals surface area contributed by atoms with Gasteiger partial charge in [0.2, 0.25) is 0 Å². The lowest BCUT2D eigenvalue weighted by Crippen LogP contribution is -2.49. The molecule has 0 spiro atoms. The predicted octanol–water partition coefficient (Wildman–Crippen LogP) is -0.838. The number of aliphatic hydroxyl groups excluding tert-OH is 1. The monoisotopic (exact) mass is 146 g/mol. The quantitative estimate of drug-likeness (QED) is 0.499. The van der Waals surface area contributed by atoms with Crippen molar-refractivity contribution in [1.82, 2.24) is 10.4 Å². The first-order valence-corrected chi connectivity index (χ1v) is 3.56. The van der Waals surface area contributed by atoms with Crippen LogP contribution < -0.4 is 5.43 Å². The van der Waals surface area contributed by atoms with E-state index in [4.69, 9.17) is 9.84 Å². The van der Waals surface area contributed by atoms with Crippen LogP contribution in [0.3, 0.4) is 0 Å². The summed E-state index contributed by atoms with van der Waals surface area (Å²) in [5.41, 5.74) is 2.89. The molecular weight excluding hydrogens is 132 g/mol. The van der Waals surface area contributed by atoms with Crippen LogP contribution in [-0.2, 0) is 4.74 Å². The second-order valence-corrected chi connectivity index (χ2v) is 2.40. The first-order chi connectivity index (χ1) is 4.79. The van der Waals surface area contributed by atoms with Crippen LogP contribution in [0.1, 0.15) is 6.92 Å². The molecule has 1 atom stereocenters. The number of hydrogen-bond acceptors (Lipinski definition) is 4. The number of hydrogen-bond donors (Lipinski definition) is 2. The van der Waals surface area contributed by atoms with Gasteiger partial charge in [-0.3, -0.25) is 0 Å². The SMILES string of the molecule is CC(O)NN1CCOCC1. The lowest BCUT2D eigenvalue weighted by Gasteiger charge is -2.28. The van der Waals surface area contributed by atoms with Crippen molar-refractivity contribution in [2.24, 2.45) is 0 Å². The molecule has 0 aromatic carbocycles. The van der Waals surface area contributed by atoms with Crippen molar-refractivity contribution in [3.05, 3.63) is 0 Å². The Kier molecular flexibility index (Phi) is 3.08. The third kappa shape index (κ3) is 2.62. The maximum atomic E-state index is 8.91. The van der Waals surface area contributed by atoms with E-state index >= 15 is 0 Å². The Morgan fingerprint density at radius 2 is 2.10 bits per heavy atom. The summed E-state index contributed by atoms with van der Waals surface area (Å²) in [6.07, 6.45) is -0.460. The zero-order valence-electron chi connectivity index (χ0n) is 6.21. The fourth-order valence-corrected chi connectivity index (χ4v) is 0.957. The maximum absolute atomic E-state index is 8.91. The third-order valence-corrected chi connectivity index (χ3v) is 1.38. The van der Waals surface area contributed by atoms with Crippen LogP contribution in [0.2, 0.25) is 0 Å². The summed E-state index contributed by atoms with van der Waals surface area (Å²) in [4.78, 5) is 0. The second-order valence-electron chi connectivity index (χ2n) is 2.40. The van der Waals surface area contributed by atoms with Crippen molar-refractivity contribution >= 4 is 0 Å². The molecule has 0 saturated carbocycles. The average Bonchev–Trinajstić information content (AvgIpc) is 1.88. The average molecular weight is 146 g/mol. The molecule has 10 heavy (non-hydrogen) atoms. The summed E-state index contributed by atoms with van der Waals surface area (Å²) in [6.45, 7) is 4.91. The van der Waals surface area contributed by atoms with Gasteiger partial charge in [0.15, 0.2) is 0 Å². The molecule has 0 bridgehead atoms. The van der Waals surface area contributed by atoms with Crippen molar-refractivity contribution in [1.29, 1.82) is 0 Å². The Morgan fingerprint density at radius 3 is 2.60 bits per heavy atom. The lowest BCUT2D eigenvalue weighted by molar-refractivity contribution is -0.0271. The molecule has 0 amide bonds. The third-order valence-electron chi connectivity index (χ3n) is 1.38. The van der Waals surface area contributed by atoms with Crippen molar-refractivity contribution in [3.8, 4) is 0 Å². The molecule has 1 unspecified atom stereocenters. The van der Waals surface area contributed by atoms with E-state index in [0.717, 1.165) is 26.3 Å². The van der Waals surface area contributed by atoms with E-state index in [-0.39, 0.29) is 0 Å². The van der Waals surface area contributed by atoms with Gasteiger partial charge in [-0.05, 0) is 6.92 Å². The summed E-state index contributed by atoms with van der Waals surface area (Å²) in [7, 11) is 0. The molecule has 1 fully saturated rings. The molecular formula is C6H14N2O2. The van der Waals surface area contributed by atoms with Crippen molar-refractivity contribution < 1.29 is 9.84 Å². The van der Waals surface area contributed by atoms with Crippen LogP contribution in [0.4, 0.5) is 0 Å². The van der Waals surface area contributed by atoms with Crippen LogP contribution in [0.5, 0.6) is 0 Å². The predicted molar refractivity (Wildman–Crippen MR) is 37.2 cm³/mol. The Labute approximate surface area is 60.7 Å². The minimum Gasteiger partial charge on any atom is -0.379 e.